The molecule has 16 heavy (non-hydrogen) atoms. The van der Waals surface area contributed by atoms with Gasteiger partial charge in [-0.3, -0.25) is 0 Å². The minimum Gasteiger partial charge on any atom is -0.314 e. The number of hydrogen-bond donors (Lipinski definition) is 1. The van der Waals surface area contributed by atoms with Crippen LogP contribution in [0.1, 0.15) is 39.0 Å². The predicted molar refractivity (Wildman–Crippen MR) is 73.2 cm³/mol. The van der Waals surface area contributed by atoms with Gasteiger partial charge in [0.25, 0.3) is 0 Å². The van der Waals surface area contributed by atoms with Crippen LogP contribution in [0.25, 0.3) is 0 Å². The molecule has 0 amide bonds. The van der Waals surface area contributed by atoms with E-state index in [9.17, 15) is 0 Å². The molecule has 1 aliphatic carbocycles. The lowest BCUT2D eigenvalue weighted by atomic mass is 10.0. The molecule has 0 bridgehead atoms. The maximum atomic E-state index is 3.58. The van der Waals surface area contributed by atoms with E-state index in [1.165, 1.54) is 45.2 Å². The summed E-state index contributed by atoms with van der Waals surface area (Å²) in [6.45, 7) is 5.99. The Hall–Kier alpha value is 0.270. The average molecular weight is 242 g/mol. The monoisotopic (exact) mass is 242 g/mol. The van der Waals surface area contributed by atoms with Crippen molar-refractivity contribution in [2.24, 2.45) is 0 Å². The normalized spacial score (nSPS) is 33.4. The van der Waals surface area contributed by atoms with Gasteiger partial charge in [-0.1, -0.05) is 6.92 Å². The Morgan fingerprint density at radius 3 is 2.50 bits per heavy atom. The Balaban J connectivity index is 1.72. The Labute approximate surface area is 105 Å². The molecule has 0 aromatic heterocycles. The zero-order chi connectivity index (χ0) is 11.4. The highest BCUT2D eigenvalue weighted by atomic mass is 32.2. The molecule has 2 rings (SSSR count). The van der Waals surface area contributed by atoms with E-state index in [0.717, 1.165) is 23.9 Å². The molecular formula is C13H26N2S. The van der Waals surface area contributed by atoms with Crippen molar-refractivity contribution in [3.63, 3.8) is 0 Å². The van der Waals surface area contributed by atoms with Crippen LogP contribution in [0.4, 0.5) is 0 Å². The van der Waals surface area contributed by atoms with Crippen LogP contribution >= 0.6 is 11.8 Å². The van der Waals surface area contributed by atoms with Crippen LogP contribution in [-0.2, 0) is 0 Å². The van der Waals surface area contributed by atoms with E-state index in [-0.39, 0.29) is 0 Å². The van der Waals surface area contributed by atoms with Crippen LogP contribution in [-0.4, -0.2) is 48.1 Å². The second-order valence-corrected chi connectivity index (χ2v) is 6.33. The van der Waals surface area contributed by atoms with E-state index in [1.54, 1.807) is 0 Å². The van der Waals surface area contributed by atoms with Crippen LogP contribution in [0.2, 0.25) is 0 Å². The van der Waals surface area contributed by atoms with Gasteiger partial charge in [0.1, 0.15) is 0 Å². The maximum absolute atomic E-state index is 3.58. The molecule has 94 valence electrons. The molecule has 1 heterocycles. The summed E-state index contributed by atoms with van der Waals surface area (Å²) in [4.78, 5) is 2.75. The van der Waals surface area contributed by atoms with Gasteiger partial charge in [-0.25, -0.2) is 0 Å². The number of piperidine rings is 1. The number of nitrogens with zero attached hydrogens (tertiary/aromatic N) is 1. The molecular weight excluding hydrogens is 216 g/mol. The first-order chi connectivity index (χ1) is 7.83. The second-order valence-electron chi connectivity index (χ2n) is 5.19. The molecule has 1 saturated heterocycles. The highest BCUT2D eigenvalue weighted by Gasteiger charge is 2.30. The molecule has 0 radical (unpaired) electrons. The Morgan fingerprint density at radius 1 is 1.19 bits per heavy atom. The Kier molecular flexibility index (Phi) is 4.98. The van der Waals surface area contributed by atoms with Crippen molar-refractivity contribution >= 4 is 11.8 Å². The first-order valence-corrected chi connectivity index (χ1v) is 8.12. The number of likely N-dealkylation sites (tertiary alicyclic amines) is 1. The van der Waals surface area contributed by atoms with Crippen molar-refractivity contribution in [2.75, 3.05) is 25.9 Å². The minimum absolute atomic E-state index is 0.791. The van der Waals surface area contributed by atoms with Gasteiger partial charge in [-0.15, -0.1) is 0 Å². The van der Waals surface area contributed by atoms with Gasteiger partial charge in [-0.05, 0) is 58.0 Å². The lowest BCUT2D eigenvalue weighted by Gasteiger charge is -2.36. The number of rotatable bonds is 4. The van der Waals surface area contributed by atoms with Crippen LogP contribution in [0.5, 0.6) is 0 Å². The predicted octanol–water partition coefficient (Wildman–Crippen LogP) is 2.34. The maximum Gasteiger partial charge on any atom is 0.0106 e. The average Bonchev–Trinajstić information content (AvgIpc) is 2.79. The number of thioether (sulfide) groups is 1. The molecule has 2 unspecified atom stereocenters. The Morgan fingerprint density at radius 2 is 1.94 bits per heavy atom. The van der Waals surface area contributed by atoms with Gasteiger partial charge in [0.15, 0.2) is 0 Å². The van der Waals surface area contributed by atoms with Gasteiger partial charge in [-0.2, -0.15) is 11.8 Å². The molecule has 1 N–H and O–H groups in total. The summed E-state index contributed by atoms with van der Waals surface area (Å²) in [5, 5.41) is 4.53. The van der Waals surface area contributed by atoms with Crippen molar-refractivity contribution < 1.29 is 0 Å². The fourth-order valence-corrected chi connectivity index (χ4v) is 4.01. The van der Waals surface area contributed by atoms with E-state index in [2.05, 4.69) is 35.2 Å². The third-order valence-corrected chi connectivity index (χ3v) is 5.32. The van der Waals surface area contributed by atoms with Crippen LogP contribution < -0.4 is 5.32 Å². The van der Waals surface area contributed by atoms with Crippen molar-refractivity contribution in [1.29, 1.82) is 0 Å². The lowest BCUT2D eigenvalue weighted by Crippen LogP contribution is -2.46. The van der Waals surface area contributed by atoms with Crippen molar-refractivity contribution in [3.8, 4) is 0 Å². The fraction of sp³-hybridized carbons (Fsp3) is 1.00. The van der Waals surface area contributed by atoms with Crippen LogP contribution in [0.3, 0.4) is 0 Å². The third-order valence-electron chi connectivity index (χ3n) is 4.23. The van der Waals surface area contributed by atoms with Crippen molar-refractivity contribution in [1.82, 2.24) is 10.2 Å². The summed E-state index contributed by atoms with van der Waals surface area (Å²) < 4.78 is 0. The zero-order valence-corrected chi connectivity index (χ0v) is 11.6. The second kappa shape index (κ2) is 6.27. The van der Waals surface area contributed by atoms with E-state index in [4.69, 9.17) is 0 Å². The van der Waals surface area contributed by atoms with Gasteiger partial charge >= 0.3 is 0 Å². The molecule has 2 atom stereocenters. The molecule has 1 saturated carbocycles. The zero-order valence-electron chi connectivity index (χ0n) is 10.7. The lowest BCUT2D eigenvalue weighted by molar-refractivity contribution is 0.146. The van der Waals surface area contributed by atoms with Gasteiger partial charge < -0.3 is 10.2 Å². The molecule has 0 aromatic carbocycles. The molecule has 1 aliphatic heterocycles. The van der Waals surface area contributed by atoms with E-state index in [0.29, 0.717) is 0 Å². The van der Waals surface area contributed by atoms with Crippen molar-refractivity contribution in [3.05, 3.63) is 0 Å². The quantitative estimate of drug-likeness (QED) is 0.814. The first-order valence-electron chi connectivity index (χ1n) is 6.83. The van der Waals surface area contributed by atoms with Gasteiger partial charge in [0, 0.05) is 17.3 Å². The van der Waals surface area contributed by atoms with Gasteiger partial charge in [0.05, 0.1) is 0 Å². The van der Waals surface area contributed by atoms with Crippen LogP contribution in [0.15, 0.2) is 0 Å². The third kappa shape index (κ3) is 3.14. The summed E-state index contributed by atoms with van der Waals surface area (Å²) in [6, 6.07) is 1.69. The van der Waals surface area contributed by atoms with E-state index >= 15 is 0 Å². The van der Waals surface area contributed by atoms with Gasteiger partial charge in [0.2, 0.25) is 0 Å². The number of nitrogens with one attached hydrogen (secondary N) is 1. The summed E-state index contributed by atoms with van der Waals surface area (Å²) in [6.07, 6.45) is 9.30. The smallest absolute Gasteiger partial charge is 0.0106 e. The van der Waals surface area contributed by atoms with E-state index in [1.807, 2.05) is 0 Å². The summed E-state index contributed by atoms with van der Waals surface area (Å²) in [5.74, 6) is 0. The SMILES string of the molecule is CCNC1CCN(C2CCC(SC)C2)CC1. The van der Waals surface area contributed by atoms with Crippen molar-refractivity contribution in [2.45, 2.75) is 56.4 Å². The first kappa shape index (κ1) is 12.7. The fourth-order valence-electron chi connectivity index (χ4n) is 3.22. The molecule has 2 aliphatic rings. The molecule has 2 nitrogen and oxygen atoms in total. The summed E-state index contributed by atoms with van der Waals surface area (Å²) in [7, 11) is 0. The van der Waals surface area contributed by atoms with Crippen LogP contribution in [0, 0.1) is 0 Å². The molecule has 3 heteroatoms. The largest absolute Gasteiger partial charge is 0.314 e. The van der Waals surface area contributed by atoms with E-state index < -0.39 is 0 Å². The molecule has 0 spiro atoms. The topological polar surface area (TPSA) is 15.3 Å². The minimum atomic E-state index is 0.791. The molecule has 0 aromatic rings. The molecule has 2 fully saturated rings. The number of hydrogen-bond acceptors (Lipinski definition) is 3. The highest BCUT2D eigenvalue weighted by Crippen LogP contribution is 2.32. The Bertz CT molecular complexity index is 202. The standard InChI is InChI=1S/C13H26N2S/c1-3-14-11-6-8-15(9-7-11)12-4-5-13(10-12)16-2/h11-14H,3-10H2,1-2H3. The summed E-state index contributed by atoms with van der Waals surface area (Å²) >= 11 is 2.07. The summed E-state index contributed by atoms with van der Waals surface area (Å²) in [5.41, 5.74) is 0. The highest BCUT2D eigenvalue weighted by molar-refractivity contribution is 7.99.